The minimum Gasteiger partial charge on any atom is -0.475 e. The number of rotatable bonds is 9. The van der Waals surface area contributed by atoms with Crippen molar-refractivity contribution in [2.75, 3.05) is 13.2 Å². The van der Waals surface area contributed by atoms with Gasteiger partial charge in [-0.2, -0.15) is 4.98 Å². The molecular formula is C30H28FN5O2. The molecule has 5 aromatic rings. The Labute approximate surface area is 220 Å². The van der Waals surface area contributed by atoms with Crippen LogP contribution in [0.3, 0.4) is 0 Å². The number of para-hydroxylation sites is 1. The number of aryl methyl sites for hydroxylation is 1. The van der Waals surface area contributed by atoms with Crippen LogP contribution in [0.15, 0.2) is 72.9 Å². The van der Waals surface area contributed by atoms with Crippen molar-refractivity contribution >= 4 is 10.9 Å². The average molecular weight is 510 g/mol. The lowest BCUT2D eigenvalue weighted by Crippen LogP contribution is -2.15. The Morgan fingerprint density at radius 3 is 2.68 bits per heavy atom. The summed E-state index contributed by atoms with van der Waals surface area (Å²) in [6.07, 6.45) is 5.35. The first kappa shape index (κ1) is 24.0. The Morgan fingerprint density at radius 2 is 1.82 bits per heavy atom. The maximum atomic E-state index is 13.7. The van der Waals surface area contributed by atoms with Gasteiger partial charge in [-0.25, -0.2) is 19.3 Å². The molecule has 0 fully saturated rings. The zero-order valence-corrected chi connectivity index (χ0v) is 21.2. The van der Waals surface area contributed by atoms with Crippen LogP contribution in [-0.2, 0) is 6.42 Å². The van der Waals surface area contributed by atoms with E-state index < -0.39 is 0 Å². The summed E-state index contributed by atoms with van der Waals surface area (Å²) in [5.41, 5.74) is 4.04. The monoisotopic (exact) mass is 509 g/mol. The highest BCUT2D eigenvalue weighted by Crippen LogP contribution is 2.39. The normalized spacial score (nSPS) is 14.5. The molecule has 4 heterocycles. The molecule has 1 atom stereocenters. The van der Waals surface area contributed by atoms with E-state index in [1.54, 1.807) is 18.3 Å². The number of pyridine rings is 1. The fourth-order valence-electron chi connectivity index (χ4n) is 4.84. The van der Waals surface area contributed by atoms with Crippen molar-refractivity contribution in [3.05, 3.63) is 84.6 Å². The molecule has 0 saturated heterocycles. The lowest BCUT2D eigenvalue weighted by Gasteiger charge is -2.18. The van der Waals surface area contributed by atoms with Gasteiger partial charge in [0.2, 0.25) is 5.88 Å². The summed E-state index contributed by atoms with van der Waals surface area (Å²) in [7, 11) is 0. The van der Waals surface area contributed by atoms with Crippen LogP contribution in [0.1, 0.15) is 38.1 Å². The summed E-state index contributed by atoms with van der Waals surface area (Å²) in [4.78, 5) is 18.7. The second kappa shape index (κ2) is 10.6. The minimum atomic E-state index is -0.287. The highest BCUT2D eigenvalue weighted by Gasteiger charge is 2.31. The summed E-state index contributed by atoms with van der Waals surface area (Å²) in [6.45, 7) is 3.11. The fourth-order valence-corrected chi connectivity index (χ4v) is 4.84. The molecule has 0 radical (unpaired) electrons. The molecule has 2 aromatic carbocycles. The number of aromatic nitrogens is 5. The molecule has 0 amide bonds. The quantitative estimate of drug-likeness (QED) is 0.213. The van der Waals surface area contributed by atoms with E-state index in [1.807, 2.05) is 42.5 Å². The van der Waals surface area contributed by atoms with E-state index in [9.17, 15) is 4.39 Å². The van der Waals surface area contributed by atoms with Gasteiger partial charge in [0, 0.05) is 29.6 Å². The van der Waals surface area contributed by atoms with E-state index in [-0.39, 0.29) is 11.9 Å². The first-order chi connectivity index (χ1) is 18.7. The molecular weight excluding hydrogens is 481 g/mol. The SMILES string of the molecule is CCCCOc1nccc(-c2c(-c3ccc(F)cc3)nc3n2C(COc2ccc4ccccc4n2)CC3)n1. The molecule has 3 aromatic heterocycles. The van der Waals surface area contributed by atoms with Crippen molar-refractivity contribution in [2.45, 2.75) is 38.6 Å². The number of benzene rings is 2. The third kappa shape index (κ3) is 4.81. The number of hydrogen-bond acceptors (Lipinski definition) is 6. The number of ether oxygens (including phenoxy) is 2. The van der Waals surface area contributed by atoms with Crippen LogP contribution < -0.4 is 9.47 Å². The second-order valence-electron chi connectivity index (χ2n) is 9.37. The number of nitrogens with zero attached hydrogens (tertiary/aromatic N) is 5. The maximum absolute atomic E-state index is 13.7. The topological polar surface area (TPSA) is 75.0 Å². The summed E-state index contributed by atoms with van der Waals surface area (Å²) in [5.74, 6) is 1.25. The van der Waals surface area contributed by atoms with Crippen LogP contribution in [0.5, 0.6) is 11.9 Å². The zero-order valence-electron chi connectivity index (χ0n) is 21.2. The Bertz CT molecular complexity index is 1570. The highest BCUT2D eigenvalue weighted by atomic mass is 19.1. The molecule has 1 aliphatic rings. The lowest BCUT2D eigenvalue weighted by molar-refractivity contribution is 0.248. The molecule has 0 aliphatic carbocycles. The highest BCUT2D eigenvalue weighted by molar-refractivity contribution is 5.79. The van der Waals surface area contributed by atoms with E-state index in [4.69, 9.17) is 19.4 Å². The van der Waals surface area contributed by atoms with Gasteiger partial charge in [-0.1, -0.05) is 31.5 Å². The molecule has 0 saturated carbocycles. The minimum absolute atomic E-state index is 0.0365. The van der Waals surface area contributed by atoms with Gasteiger partial charge in [0.05, 0.1) is 35.2 Å². The van der Waals surface area contributed by atoms with Crippen molar-refractivity contribution in [2.24, 2.45) is 0 Å². The Morgan fingerprint density at radius 1 is 0.947 bits per heavy atom. The van der Waals surface area contributed by atoms with Crippen LogP contribution in [0.4, 0.5) is 4.39 Å². The van der Waals surface area contributed by atoms with E-state index in [0.29, 0.717) is 30.8 Å². The molecule has 1 aliphatic heterocycles. The smallest absolute Gasteiger partial charge is 0.316 e. The van der Waals surface area contributed by atoms with Crippen molar-refractivity contribution in [1.29, 1.82) is 0 Å². The molecule has 192 valence electrons. The third-order valence-electron chi connectivity index (χ3n) is 6.77. The number of halogens is 1. The number of fused-ring (bicyclic) bond motifs is 2. The van der Waals surface area contributed by atoms with Crippen LogP contribution >= 0.6 is 0 Å². The summed E-state index contributed by atoms with van der Waals surface area (Å²) in [6, 6.07) is 20.6. The van der Waals surface area contributed by atoms with Gasteiger partial charge in [0.15, 0.2) is 0 Å². The van der Waals surface area contributed by atoms with Gasteiger partial charge < -0.3 is 14.0 Å². The van der Waals surface area contributed by atoms with Gasteiger partial charge in [0.25, 0.3) is 0 Å². The molecule has 38 heavy (non-hydrogen) atoms. The predicted octanol–water partition coefficient (Wildman–Crippen LogP) is 6.44. The van der Waals surface area contributed by atoms with Crippen LogP contribution in [0.25, 0.3) is 33.5 Å². The van der Waals surface area contributed by atoms with Gasteiger partial charge >= 0.3 is 6.01 Å². The van der Waals surface area contributed by atoms with Crippen molar-refractivity contribution in [3.63, 3.8) is 0 Å². The Balaban J connectivity index is 1.35. The summed E-state index contributed by atoms with van der Waals surface area (Å²) >= 11 is 0. The van der Waals surface area contributed by atoms with Crippen molar-refractivity contribution in [3.8, 4) is 34.5 Å². The first-order valence-electron chi connectivity index (χ1n) is 13.0. The van der Waals surface area contributed by atoms with Crippen LogP contribution in [-0.4, -0.2) is 37.7 Å². The third-order valence-corrected chi connectivity index (χ3v) is 6.77. The lowest BCUT2D eigenvalue weighted by atomic mass is 10.1. The Kier molecular flexibility index (Phi) is 6.69. The Hall–Kier alpha value is -4.33. The molecule has 7 nitrogen and oxygen atoms in total. The van der Waals surface area contributed by atoms with Crippen molar-refractivity contribution < 1.29 is 13.9 Å². The van der Waals surface area contributed by atoms with Gasteiger partial charge in [-0.05, 0) is 55.3 Å². The van der Waals surface area contributed by atoms with E-state index in [2.05, 4.69) is 21.5 Å². The number of imidazole rings is 1. The fraction of sp³-hybridized carbons (Fsp3) is 0.267. The maximum Gasteiger partial charge on any atom is 0.316 e. The molecule has 0 N–H and O–H groups in total. The van der Waals surface area contributed by atoms with E-state index >= 15 is 0 Å². The summed E-state index contributed by atoms with van der Waals surface area (Å²) < 4.78 is 27.9. The zero-order chi connectivity index (χ0) is 25.9. The molecule has 1 unspecified atom stereocenters. The average Bonchev–Trinajstić information content (AvgIpc) is 3.52. The largest absolute Gasteiger partial charge is 0.475 e. The second-order valence-corrected chi connectivity index (χ2v) is 9.37. The molecule has 6 rings (SSSR count). The number of unbranched alkanes of at least 4 members (excludes halogenated alkanes) is 1. The van der Waals surface area contributed by atoms with Gasteiger partial charge in [-0.15, -0.1) is 0 Å². The molecule has 0 spiro atoms. The first-order valence-corrected chi connectivity index (χ1v) is 13.0. The van der Waals surface area contributed by atoms with E-state index in [0.717, 1.165) is 59.4 Å². The molecule has 8 heteroatoms. The summed E-state index contributed by atoms with van der Waals surface area (Å²) in [5, 5.41) is 1.07. The van der Waals surface area contributed by atoms with Gasteiger partial charge in [-0.3, -0.25) is 0 Å². The van der Waals surface area contributed by atoms with Crippen LogP contribution in [0, 0.1) is 5.82 Å². The standard InChI is InChI=1S/C30H28FN5O2/c1-2-3-18-37-30-32-17-16-25(34-30)29-28(21-8-11-22(31)12-9-21)35-26-14-13-23(36(26)29)19-38-27-15-10-20-6-4-5-7-24(20)33-27/h4-12,15-17,23H,2-3,13-14,18-19H2,1H3. The van der Waals surface area contributed by atoms with E-state index in [1.165, 1.54) is 12.1 Å². The predicted molar refractivity (Wildman–Crippen MR) is 144 cm³/mol. The van der Waals surface area contributed by atoms with Gasteiger partial charge in [0.1, 0.15) is 18.2 Å². The number of hydrogen-bond donors (Lipinski definition) is 0. The molecule has 0 bridgehead atoms. The van der Waals surface area contributed by atoms with Crippen LogP contribution in [0.2, 0.25) is 0 Å². The van der Waals surface area contributed by atoms with Crippen molar-refractivity contribution in [1.82, 2.24) is 24.5 Å².